The summed E-state index contributed by atoms with van der Waals surface area (Å²) < 4.78 is 3.35. The smallest absolute Gasteiger partial charge is 0.295 e. The maximum atomic E-state index is 12.3. The summed E-state index contributed by atoms with van der Waals surface area (Å²) in [4.78, 5) is 12.3. The molecule has 20 heavy (non-hydrogen) atoms. The van der Waals surface area contributed by atoms with E-state index in [2.05, 4.69) is 0 Å². The molecule has 102 valence electrons. The third kappa shape index (κ3) is 2.13. The van der Waals surface area contributed by atoms with Crippen molar-refractivity contribution in [3.63, 3.8) is 0 Å². The molecule has 0 N–H and O–H groups in total. The molecule has 0 unspecified atom stereocenters. The second-order valence-corrected chi connectivity index (χ2v) is 5.50. The molecule has 3 aromatic rings. The summed E-state index contributed by atoms with van der Waals surface area (Å²) in [5, 5.41) is 1.15. The first-order chi connectivity index (χ1) is 9.58. The molecule has 0 aliphatic carbocycles. The Labute approximate surface area is 126 Å². The topological polar surface area (TPSA) is 26.9 Å². The molecular weight excluding hydrogens is 295 g/mol. The Morgan fingerprint density at radius 3 is 2.45 bits per heavy atom. The zero-order chi connectivity index (χ0) is 14.3. The third-order valence-electron chi connectivity index (χ3n) is 3.40. The quantitative estimate of drug-likeness (QED) is 0.709. The summed E-state index contributed by atoms with van der Waals surface area (Å²) in [6.07, 6.45) is 0. The van der Waals surface area contributed by atoms with Crippen LogP contribution in [0, 0.1) is 0 Å². The number of nitrogens with zero attached hydrogens (tertiary/aromatic N) is 2. The zero-order valence-corrected chi connectivity index (χ0v) is 12.3. The van der Waals surface area contributed by atoms with Crippen LogP contribution >= 0.6 is 23.2 Å². The molecular formula is C15H12Cl2N2O. The van der Waals surface area contributed by atoms with E-state index in [-0.39, 0.29) is 5.69 Å². The van der Waals surface area contributed by atoms with Gasteiger partial charge in [-0.3, -0.25) is 9.13 Å². The van der Waals surface area contributed by atoms with Gasteiger partial charge in [0, 0.05) is 17.1 Å². The van der Waals surface area contributed by atoms with Crippen LogP contribution in [-0.2, 0) is 13.6 Å². The monoisotopic (exact) mass is 306 g/mol. The number of para-hydroxylation sites is 2. The van der Waals surface area contributed by atoms with Crippen molar-refractivity contribution in [3.05, 3.63) is 68.6 Å². The van der Waals surface area contributed by atoms with Crippen LogP contribution in [0.4, 0.5) is 0 Å². The van der Waals surface area contributed by atoms with Crippen molar-refractivity contribution < 1.29 is 0 Å². The van der Waals surface area contributed by atoms with Crippen molar-refractivity contribution in [3.8, 4) is 0 Å². The van der Waals surface area contributed by atoms with Gasteiger partial charge in [0.15, 0.2) is 0 Å². The van der Waals surface area contributed by atoms with Gasteiger partial charge in [-0.15, -0.1) is 0 Å². The Hall–Kier alpha value is -1.71. The lowest BCUT2D eigenvalue weighted by atomic mass is 10.2. The molecule has 0 saturated heterocycles. The molecule has 0 spiro atoms. The molecule has 0 atom stereocenters. The molecule has 0 saturated carbocycles. The van der Waals surface area contributed by atoms with E-state index in [1.807, 2.05) is 30.3 Å². The number of aromatic nitrogens is 2. The van der Waals surface area contributed by atoms with Gasteiger partial charge < -0.3 is 0 Å². The first-order valence-corrected chi connectivity index (χ1v) is 6.91. The Balaban J connectivity index is 2.16. The van der Waals surface area contributed by atoms with Crippen LogP contribution in [0.5, 0.6) is 0 Å². The Bertz CT molecular complexity index is 849. The molecule has 1 heterocycles. The summed E-state index contributed by atoms with van der Waals surface area (Å²) in [6.45, 7) is 0.427. The highest BCUT2D eigenvalue weighted by Crippen LogP contribution is 2.22. The van der Waals surface area contributed by atoms with Crippen LogP contribution < -0.4 is 5.69 Å². The van der Waals surface area contributed by atoms with Crippen molar-refractivity contribution >= 4 is 34.2 Å². The molecule has 0 bridgehead atoms. The summed E-state index contributed by atoms with van der Waals surface area (Å²) in [5.74, 6) is 0. The maximum absolute atomic E-state index is 12.3. The van der Waals surface area contributed by atoms with Crippen molar-refractivity contribution in [1.29, 1.82) is 0 Å². The van der Waals surface area contributed by atoms with Gasteiger partial charge in [-0.1, -0.05) is 41.4 Å². The number of halogens is 2. The largest absolute Gasteiger partial charge is 0.329 e. The number of fused-ring (bicyclic) bond motifs is 1. The summed E-state index contributed by atoms with van der Waals surface area (Å²) in [5.41, 5.74) is 2.61. The van der Waals surface area contributed by atoms with Gasteiger partial charge in [-0.05, 0) is 29.8 Å². The molecule has 0 fully saturated rings. The molecule has 0 aliphatic rings. The lowest BCUT2D eigenvalue weighted by Crippen LogP contribution is -2.22. The van der Waals surface area contributed by atoms with Gasteiger partial charge in [0.1, 0.15) is 0 Å². The first-order valence-electron chi connectivity index (χ1n) is 6.16. The third-order valence-corrected chi connectivity index (χ3v) is 3.98. The van der Waals surface area contributed by atoms with E-state index >= 15 is 0 Å². The van der Waals surface area contributed by atoms with Gasteiger partial charge >= 0.3 is 5.69 Å². The van der Waals surface area contributed by atoms with Gasteiger partial charge in [0.25, 0.3) is 0 Å². The average Bonchev–Trinajstić information content (AvgIpc) is 2.67. The van der Waals surface area contributed by atoms with Crippen LogP contribution in [0.1, 0.15) is 5.56 Å². The minimum absolute atomic E-state index is 0.0581. The van der Waals surface area contributed by atoms with Crippen molar-refractivity contribution in [2.24, 2.45) is 7.05 Å². The van der Waals surface area contributed by atoms with E-state index < -0.39 is 0 Å². The fraction of sp³-hybridized carbons (Fsp3) is 0.133. The Morgan fingerprint density at radius 1 is 1.05 bits per heavy atom. The normalized spacial score (nSPS) is 11.2. The van der Waals surface area contributed by atoms with Crippen molar-refractivity contribution in [2.75, 3.05) is 0 Å². The predicted octanol–water partition coefficient (Wildman–Crippen LogP) is 3.70. The summed E-state index contributed by atoms with van der Waals surface area (Å²) in [6, 6.07) is 13.0. The van der Waals surface area contributed by atoms with E-state index in [1.54, 1.807) is 28.3 Å². The van der Waals surface area contributed by atoms with Crippen LogP contribution in [-0.4, -0.2) is 9.13 Å². The lowest BCUT2D eigenvalue weighted by Gasteiger charge is -2.06. The first kappa shape index (κ1) is 13.3. The van der Waals surface area contributed by atoms with Gasteiger partial charge in [0.05, 0.1) is 17.6 Å². The SMILES string of the molecule is Cn1c(=O)n(Cc2ccc(Cl)cc2Cl)c2ccccc21. The minimum Gasteiger partial charge on any atom is -0.295 e. The second-order valence-electron chi connectivity index (χ2n) is 4.65. The molecule has 3 rings (SSSR count). The number of hydrogen-bond donors (Lipinski definition) is 0. The number of hydrogen-bond acceptors (Lipinski definition) is 1. The molecule has 0 amide bonds. The Kier molecular flexibility index (Phi) is 3.32. The molecule has 2 aromatic carbocycles. The number of aryl methyl sites for hydroxylation is 1. The number of benzene rings is 2. The van der Waals surface area contributed by atoms with Crippen LogP contribution in [0.2, 0.25) is 10.0 Å². The lowest BCUT2D eigenvalue weighted by molar-refractivity contribution is 0.736. The van der Waals surface area contributed by atoms with Crippen molar-refractivity contribution in [2.45, 2.75) is 6.54 Å². The standard InChI is InChI=1S/C15H12Cl2N2O/c1-18-13-4-2-3-5-14(13)19(15(18)20)9-10-6-7-11(16)8-12(10)17/h2-8H,9H2,1H3. The van der Waals surface area contributed by atoms with E-state index in [9.17, 15) is 4.79 Å². The van der Waals surface area contributed by atoms with Crippen molar-refractivity contribution in [1.82, 2.24) is 9.13 Å². The second kappa shape index (κ2) is 5.00. The predicted molar refractivity (Wildman–Crippen MR) is 82.7 cm³/mol. The van der Waals surface area contributed by atoms with Gasteiger partial charge in [-0.25, -0.2) is 4.79 Å². The van der Waals surface area contributed by atoms with E-state index in [1.165, 1.54) is 0 Å². The molecule has 0 radical (unpaired) electrons. The highest BCUT2D eigenvalue weighted by atomic mass is 35.5. The number of rotatable bonds is 2. The summed E-state index contributed by atoms with van der Waals surface area (Å²) in [7, 11) is 1.77. The van der Waals surface area contributed by atoms with Gasteiger partial charge in [-0.2, -0.15) is 0 Å². The van der Waals surface area contributed by atoms with E-state index in [0.29, 0.717) is 16.6 Å². The molecule has 0 aliphatic heterocycles. The fourth-order valence-corrected chi connectivity index (χ4v) is 2.80. The highest BCUT2D eigenvalue weighted by molar-refractivity contribution is 6.35. The Morgan fingerprint density at radius 2 is 1.75 bits per heavy atom. The molecule has 1 aromatic heterocycles. The molecule has 5 heteroatoms. The number of imidazole rings is 1. The fourth-order valence-electron chi connectivity index (χ4n) is 2.34. The average molecular weight is 307 g/mol. The zero-order valence-electron chi connectivity index (χ0n) is 10.8. The summed E-state index contributed by atoms with van der Waals surface area (Å²) >= 11 is 12.1. The van der Waals surface area contributed by atoms with Crippen LogP contribution in [0.3, 0.4) is 0 Å². The van der Waals surface area contributed by atoms with Gasteiger partial charge in [0.2, 0.25) is 0 Å². The molecule has 3 nitrogen and oxygen atoms in total. The highest BCUT2D eigenvalue weighted by Gasteiger charge is 2.11. The van der Waals surface area contributed by atoms with Crippen LogP contribution in [0.15, 0.2) is 47.3 Å². The van der Waals surface area contributed by atoms with E-state index in [0.717, 1.165) is 16.6 Å². The van der Waals surface area contributed by atoms with Crippen LogP contribution in [0.25, 0.3) is 11.0 Å². The van der Waals surface area contributed by atoms with E-state index in [4.69, 9.17) is 23.2 Å². The minimum atomic E-state index is -0.0581. The maximum Gasteiger partial charge on any atom is 0.329 e.